The molecule has 6 heteroatoms. The molecular formula is C15H22N2O3S. The number of nitrogens with zero attached hydrogens (tertiary/aromatic N) is 1. The van der Waals surface area contributed by atoms with Gasteiger partial charge in [-0.25, -0.2) is 4.79 Å². The SMILES string of the molecule is CCOC(=O)N1CCC(NC(=O)CCc2ccsc2)CC1. The van der Waals surface area contributed by atoms with Gasteiger partial charge in [-0.2, -0.15) is 11.3 Å². The van der Waals surface area contributed by atoms with Crippen LogP contribution in [0.4, 0.5) is 4.79 Å². The maximum atomic E-state index is 11.9. The molecule has 0 spiro atoms. The topological polar surface area (TPSA) is 58.6 Å². The van der Waals surface area contributed by atoms with Gasteiger partial charge >= 0.3 is 6.09 Å². The fraction of sp³-hybridized carbons (Fsp3) is 0.600. The van der Waals surface area contributed by atoms with Gasteiger partial charge in [-0.05, 0) is 48.6 Å². The number of amides is 2. The van der Waals surface area contributed by atoms with Crippen LogP contribution in [0.3, 0.4) is 0 Å². The van der Waals surface area contributed by atoms with E-state index in [1.807, 2.05) is 5.38 Å². The first kappa shape index (κ1) is 15.8. The Balaban J connectivity index is 1.66. The third-order valence-corrected chi connectivity index (χ3v) is 4.34. The zero-order valence-electron chi connectivity index (χ0n) is 12.3. The summed E-state index contributed by atoms with van der Waals surface area (Å²) in [6.07, 6.45) is 2.65. The van der Waals surface area contributed by atoms with Crippen molar-refractivity contribution in [2.45, 2.75) is 38.6 Å². The Morgan fingerprint density at radius 1 is 1.43 bits per heavy atom. The molecule has 1 aliphatic rings. The number of ether oxygens (including phenoxy) is 1. The summed E-state index contributed by atoms with van der Waals surface area (Å²) in [5.41, 5.74) is 1.22. The van der Waals surface area contributed by atoms with E-state index in [1.165, 1.54) is 5.56 Å². The van der Waals surface area contributed by atoms with Crippen molar-refractivity contribution in [1.82, 2.24) is 10.2 Å². The van der Waals surface area contributed by atoms with Crippen LogP contribution in [0.5, 0.6) is 0 Å². The number of piperidine rings is 1. The van der Waals surface area contributed by atoms with Crippen LogP contribution in [0.2, 0.25) is 0 Å². The number of rotatable bonds is 5. The average molecular weight is 310 g/mol. The van der Waals surface area contributed by atoms with Gasteiger partial charge in [0, 0.05) is 25.6 Å². The summed E-state index contributed by atoms with van der Waals surface area (Å²) in [5, 5.41) is 7.16. The van der Waals surface area contributed by atoms with Crippen molar-refractivity contribution in [3.63, 3.8) is 0 Å². The average Bonchev–Trinajstić information content (AvgIpc) is 2.99. The standard InChI is InChI=1S/C15H22N2O3S/c1-2-20-15(19)17-8-5-13(6-9-17)16-14(18)4-3-12-7-10-21-11-12/h7,10-11,13H,2-6,8-9H2,1H3,(H,16,18). The van der Waals surface area contributed by atoms with Gasteiger partial charge in [-0.3, -0.25) is 4.79 Å². The first-order valence-electron chi connectivity index (χ1n) is 7.41. The van der Waals surface area contributed by atoms with Crippen molar-refractivity contribution in [2.75, 3.05) is 19.7 Å². The lowest BCUT2D eigenvalue weighted by molar-refractivity contribution is -0.122. The molecule has 2 heterocycles. The molecule has 0 bridgehead atoms. The highest BCUT2D eigenvalue weighted by Gasteiger charge is 2.24. The number of thiophene rings is 1. The highest BCUT2D eigenvalue weighted by Crippen LogP contribution is 2.12. The van der Waals surface area contributed by atoms with E-state index in [4.69, 9.17) is 4.74 Å². The minimum Gasteiger partial charge on any atom is -0.450 e. The molecule has 1 fully saturated rings. The van der Waals surface area contributed by atoms with Crippen LogP contribution in [0.25, 0.3) is 0 Å². The van der Waals surface area contributed by atoms with Crippen LogP contribution in [0, 0.1) is 0 Å². The molecule has 1 aromatic rings. The van der Waals surface area contributed by atoms with Crippen molar-refractivity contribution in [3.8, 4) is 0 Å². The lowest BCUT2D eigenvalue weighted by Gasteiger charge is -2.31. The molecule has 1 aliphatic heterocycles. The lowest BCUT2D eigenvalue weighted by atomic mass is 10.0. The second kappa shape index (κ2) is 8.02. The van der Waals surface area contributed by atoms with E-state index >= 15 is 0 Å². The van der Waals surface area contributed by atoms with Crippen molar-refractivity contribution >= 4 is 23.3 Å². The van der Waals surface area contributed by atoms with Gasteiger partial charge in [-0.15, -0.1) is 0 Å². The van der Waals surface area contributed by atoms with Crippen molar-refractivity contribution in [3.05, 3.63) is 22.4 Å². The zero-order chi connectivity index (χ0) is 15.1. The molecule has 1 N–H and O–H groups in total. The van der Waals surface area contributed by atoms with E-state index in [1.54, 1.807) is 23.2 Å². The Kier molecular flexibility index (Phi) is 6.04. The van der Waals surface area contributed by atoms with Crippen LogP contribution in [-0.2, 0) is 16.0 Å². The molecule has 2 amide bonds. The number of likely N-dealkylation sites (tertiary alicyclic amines) is 1. The molecule has 0 unspecified atom stereocenters. The van der Waals surface area contributed by atoms with Crippen molar-refractivity contribution < 1.29 is 14.3 Å². The maximum absolute atomic E-state index is 11.9. The monoisotopic (exact) mass is 310 g/mol. The van der Waals surface area contributed by atoms with Crippen LogP contribution >= 0.6 is 11.3 Å². The van der Waals surface area contributed by atoms with E-state index < -0.39 is 0 Å². The third-order valence-electron chi connectivity index (χ3n) is 3.61. The van der Waals surface area contributed by atoms with Crippen LogP contribution < -0.4 is 5.32 Å². The predicted octanol–water partition coefficient (Wildman–Crippen LogP) is 2.42. The number of carbonyl (C=O) groups is 2. The highest BCUT2D eigenvalue weighted by molar-refractivity contribution is 7.07. The molecule has 0 radical (unpaired) electrons. The summed E-state index contributed by atoms with van der Waals surface area (Å²) in [5.74, 6) is 0.0933. The summed E-state index contributed by atoms with van der Waals surface area (Å²) in [4.78, 5) is 25.2. The summed E-state index contributed by atoms with van der Waals surface area (Å²) < 4.78 is 4.98. The second-order valence-electron chi connectivity index (χ2n) is 5.16. The van der Waals surface area contributed by atoms with Gasteiger partial charge < -0.3 is 15.0 Å². The van der Waals surface area contributed by atoms with Crippen LogP contribution in [-0.4, -0.2) is 42.6 Å². The Morgan fingerprint density at radius 2 is 2.19 bits per heavy atom. The molecule has 0 aromatic carbocycles. The Bertz CT molecular complexity index is 453. The Morgan fingerprint density at radius 3 is 2.81 bits per heavy atom. The van der Waals surface area contributed by atoms with E-state index in [-0.39, 0.29) is 18.0 Å². The number of hydrogen-bond acceptors (Lipinski definition) is 4. The zero-order valence-corrected chi connectivity index (χ0v) is 13.2. The number of aryl methyl sites for hydroxylation is 1. The molecule has 21 heavy (non-hydrogen) atoms. The molecule has 2 rings (SSSR count). The van der Waals surface area contributed by atoms with E-state index in [2.05, 4.69) is 16.8 Å². The molecule has 0 atom stereocenters. The number of nitrogens with one attached hydrogen (secondary N) is 1. The second-order valence-corrected chi connectivity index (χ2v) is 5.94. The smallest absolute Gasteiger partial charge is 0.409 e. The first-order chi connectivity index (χ1) is 10.2. The van der Waals surface area contributed by atoms with Gasteiger partial charge in [0.25, 0.3) is 0 Å². The minimum atomic E-state index is -0.250. The van der Waals surface area contributed by atoms with E-state index in [0.29, 0.717) is 26.1 Å². The van der Waals surface area contributed by atoms with Gasteiger partial charge in [-0.1, -0.05) is 0 Å². The molecule has 1 aromatic heterocycles. The van der Waals surface area contributed by atoms with Crippen molar-refractivity contribution in [2.24, 2.45) is 0 Å². The summed E-state index contributed by atoms with van der Waals surface area (Å²) in [7, 11) is 0. The van der Waals surface area contributed by atoms with Crippen LogP contribution in [0.15, 0.2) is 16.8 Å². The van der Waals surface area contributed by atoms with Gasteiger partial charge in [0.1, 0.15) is 0 Å². The fourth-order valence-electron chi connectivity index (χ4n) is 2.41. The Hall–Kier alpha value is -1.56. The van der Waals surface area contributed by atoms with Gasteiger partial charge in [0.05, 0.1) is 6.61 Å². The van der Waals surface area contributed by atoms with Gasteiger partial charge in [0.2, 0.25) is 5.91 Å². The molecule has 5 nitrogen and oxygen atoms in total. The predicted molar refractivity (Wildman–Crippen MR) is 82.4 cm³/mol. The first-order valence-corrected chi connectivity index (χ1v) is 8.35. The maximum Gasteiger partial charge on any atom is 0.409 e. The fourth-order valence-corrected chi connectivity index (χ4v) is 3.12. The summed E-state index contributed by atoms with van der Waals surface area (Å²) >= 11 is 1.65. The number of hydrogen-bond donors (Lipinski definition) is 1. The Labute approximate surface area is 129 Å². The highest BCUT2D eigenvalue weighted by atomic mass is 32.1. The third kappa shape index (κ3) is 5.04. The number of carbonyl (C=O) groups excluding carboxylic acids is 2. The normalized spacial score (nSPS) is 15.8. The molecule has 0 aliphatic carbocycles. The van der Waals surface area contributed by atoms with Gasteiger partial charge in [0.15, 0.2) is 0 Å². The van der Waals surface area contributed by atoms with E-state index in [9.17, 15) is 9.59 Å². The largest absolute Gasteiger partial charge is 0.450 e. The quantitative estimate of drug-likeness (QED) is 0.908. The lowest BCUT2D eigenvalue weighted by Crippen LogP contribution is -2.46. The molecule has 0 saturated carbocycles. The minimum absolute atomic E-state index is 0.0933. The summed E-state index contributed by atoms with van der Waals surface area (Å²) in [6.45, 7) is 3.50. The molecular weight excluding hydrogens is 288 g/mol. The molecule has 116 valence electrons. The van der Waals surface area contributed by atoms with Crippen LogP contribution in [0.1, 0.15) is 31.7 Å². The summed E-state index contributed by atoms with van der Waals surface area (Å²) in [6, 6.07) is 2.22. The van der Waals surface area contributed by atoms with E-state index in [0.717, 1.165) is 19.3 Å². The molecule has 1 saturated heterocycles. The van der Waals surface area contributed by atoms with Crippen molar-refractivity contribution in [1.29, 1.82) is 0 Å².